The van der Waals surface area contributed by atoms with Crippen molar-refractivity contribution in [1.29, 1.82) is 5.26 Å². The molecule has 1 aliphatic carbocycles. The van der Waals surface area contributed by atoms with E-state index in [0.29, 0.717) is 22.4 Å². The van der Waals surface area contributed by atoms with Gasteiger partial charge in [-0.1, -0.05) is 12.5 Å². The zero-order valence-corrected chi connectivity index (χ0v) is 16.1. The predicted molar refractivity (Wildman–Crippen MR) is 102 cm³/mol. The Balaban J connectivity index is 2.07. The van der Waals surface area contributed by atoms with Crippen LogP contribution in [-0.2, 0) is 24.2 Å². The van der Waals surface area contributed by atoms with Crippen LogP contribution in [0.1, 0.15) is 41.6 Å². The van der Waals surface area contributed by atoms with Crippen molar-refractivity contribution in [3.63, 3.8) is 0 Å². The number of alkyl halides is 3. The van der Waals surface area contributed by atoms with Gasteiger partial charge in [-0.2, -0.15) is 18.4 Å². The third kappa shape index (κ3) is 4.80. The molecular formula is C21H22F3N3O2. The number of fused-ring (bicyclic) bond motifs is 1. The third-order valence-corrected chi connectivity index (χ3v) is 4.96. The lowest BCUT2D eigenvalue weighted by atomic mass is 9.91. The number of hydrogen-bond donors (Lipinski definition) is 1. The SMILES string of the molecule is COc1ccc(-c2c(C#N)c(N)nc3c2CCCCC3)cc1COCC(F)(F)F. The van der Waals surface area contributed by atoms with Crippen LogP contribution in [0.25, 0.3) is 11.1 Å². The third-order valence-electron chi connectivity index (χ3n) is 4.96. The second-order valence-corrected chi connectivity index (χ2v) is 6.98. The Bertz CT molecular complexity index is 936. The molecule has 0 aliphatic heterocycles. The highest BCUT2D eigenvalue weighted by atomic mass is 19.4. The summed E-state index contributed by atoms with van der Waals surface area (Å²) in [6, 6.07) is 7.30. The van der Waals surface area contributed by atoms with Crippen molar-refractivity contribution in [3.8, 4) is 22.9 Å². The van der Waals surface area contributed by atoms with Crippen LogP contribution in [-0.4, -0.2) is 24.9 Å². The summed E-state index contributed by atoms with van der Waals surface area (Å²) in [5, 5.41) is 9.69. The van der Waals surface area contributed by atoms with Gasteiger partial charge in [0.25, 0.3) is 0 Å². The quantitative estimate of drug-likeness (QED) is 0.738. The highest BCUT2D eigenvalue weighted by Crippen LogP contribution is 2.37. The molecule has 0 spiro atoms. The number of benzene rings is 1. The van der Waals surface area contributed by atoms with Crippen LogP contribution >= 0.6 is 0 Å². The van der Waals surface area contributed by atoms with Gasteiger partial charge in [-0.3, -0.25) is 0 Å². The first-order valence-corrected chi connectivity index (χ1v) is 9.37. The minimum atomic E-state index is -4.41. The average Bonchev–Trinajstić information content (AvgIpc) is 2.91. The number of aryl methyl sites for hydroxylation is 1. The van der Waals surface area contributed by atoms with Crippen LogP contribution in [0.3, 0.4) is 0 Å². The number of nitrogens with zero attached hydrogens (tertiary/aromatic N) is 2. The maximum Gasteiger partial charge on any atom is 0.411 e. The summed E-state index contributed by atoms with van der Waals surface area (Å²) in [6.07, 6.45) is 0.207. The number of nitrogens with two attached hydrogens (primary N) is 1. The monoisotopic (exact) mass is 405 g/mol. The minimum Gasteiger partial charge on any atom is -0.496 e. The number of aromatic nitrogens is 1. The van der Waals surface area contributed by atoms with E-state index < -0.39 is 12.8 Å². The summed E-state index contributed by atoms with van der Waals surface area (Å²) in [7, 11) is 1.44. The van der Waals surface area contributed by atoms with E-state index in [0.717, 1.165) is 43.4 Å². The number of anilines is 1. The Hall–Kier alpha value is -2.79. The van der Waals surface area contributed by atoms with Gasteiger partial charge in [0, 0.05) is 16.8 Å². The number of halogens is 3. The summed E-state index contributed by atoms with van der Waals surface area (Å²) >= 11 is 0. The first-order valence-electron chi connectivity index (χ1n) is 9.37. The molecule has 1 aliphatic rings. The fraction of sp³-hybridized carbons (Fsp3) is 0.429. The summed E-state index contributed by atoms with van der Waals surface area (Å²) in [5.74, 6) is 0.594. The van der Waals surface area contributed by atoms with Crippen LogP contribution in [0.2, 0.25) is 0 Å². The molecule has 2 aromatic rings. The van der Waals surface area contributed by atoms with Crippen molar-refractivity contribution in [2.45, 2.75) is 44.9 Å². The van der Waals surface area contributed by atoms with Crippen molar-refractivity contribution < 1.29 is 22.6 Å². The van der Waals surface area contributed by atoms with Crippen molar-refractivity contribution >= 4 is 5.82 Å². The fourth-order valence-electron chi connectivity index (χ4n) is 3.69. The van der Waals surface area contributed by atoms with E-state index in [1.54, 1.807) is 18.2 Å². The molecule has 2 N–H and O–H groups in total. The van der Waals surface area contributed by atoms with Crippen LogP contribution in [0.4, 0.5) is 19.0 Å². The van der Waals surface area contributed by atoms with Crippen molar-refractivity contribution in [2.75, 3.05) is 19.5 Å². The summed E-state index contributed by atoms with van der Waals surface area (Å²) in [4.78, 5) is 4.44. The van der Waals surface area contributed by atoms with Gasteiger partial charge in [0.2, 0.25) is 0 Å². The molecule has 1 heterocycles. The highest BCUT2D eigenvalue weighted by Gasteiger charge is 2.28. The Morgan fingerprint density at radius 1 is 1.21 bits per heavy atom. The van der Waals surface area contributed by atoms with E-state index in [-0.39, 0.29) is 18.0 Å². The molecule has 29 heavy (non-hydrogen) atoms. The van der Waals surface area contributed by atoms with Gasteiger partial charge >= 0.3 is 6.18 Å². The Morgan fingerprint density at radius 3 is 2.66 bits per heavy atom. The number of ether oxygens (including phenoxy) is 2. The van der Waals surface area contributed by atoms with Crippen molar-refractivity contribution in [1.82, 2.24) is 4.98 Å². The Kier molecular flexibility index (Phi) is 6.28. The molecule has 3 rings (SSSR count). The second-order valence-electron chi connectivity index (χ2n) is 6.98. The van der Waals surface area contributed by atoms with Gasteiger partial charge in [0.15, 0.2) is 0 Å². The van der Waals surface area contributed by atoms with E-state index in [1.165, 1.54) is 7.11 Å². The van der Waals surface area contributed by atoms with E-state index in [2.05, 4.69) is 11.1 Å². The number of rotatable bonds is 5. The number of hydrogen-bond acceptors (Lipinski definition) is 5. The van der Waals surface area contributed by atoms with Crippen LogP contribution < -0.4 is 10.5 Å². The number of methoxy groups -OCH3 is 1. The van der Waals surface area contributed by atoms with Crippen molar-refractivity contribution in [3.05, 3.63) is 40.6 Å². The topological polar surface area (TPSA) is 81.2 Å². The van der Waals surface area contributed by atoms with Crippen LogP contribution in [0, 0.1) is 11.3 Å². The summed E-state index contributed by atoms with van der Waals surface area (Å²) < 4.78 is 47.4. The van der Waals surface area contributed by atoms with Gasteiger partial charge in [0.1, 0.15) is 29.8 Å². The smallest absolute Gasteiger partial charge is 0.411 e. The average molecular weight is 405 g/mol. The van der Waals surface area contributed by atoms with Crippen LogP contribution in [0.5, 0.6) is 5.75 Å². The number of pyridine rings is 1. The molecule has 0 bridgehead atoms. The highest BCUT2D eigenvalue weighted by molar-refractivity contribution is 5.80. The molecule has 0 amide bonds. The van der Waals surface area contributed by atoms with Gasteiger partial charge in [-0.05, 0) is 48.9 Å². The molecule has 5 nitrogen and oxygen atoms in total. The molecule has 1 aromatic carbocycles. The first-order chi connectivity index (χ1) is 13.8. The summed E-state index contributed by atoms with van der Waals surface area (Å²) in [6.45, 7) is -1.61. The minimum absolute atomic E-state index is 0.175. The number of nitriles is 1. The van der Waals surface area contributed by atoms with E-state index in [4.69, 9.17) is 15.2 Å². The first kappa shape index (κ1) is 20.9. The lowest BCUT2D eigenvalue weighted by molar-refractivity contribution is -0.176. The largest absolute Gasteiger partial charge is 0.496 e. The molecular weight excluding hydrogens is 383 g/mol. The predicted octanol–water partition coefficient (Wildman–Crippen LogP) is 4.56. The molecule has 154 valence electrons. The maximum absolute atomic E-state index is 12.4. The fourth-order valence-corrected chi connectivity index (χ4v) is 3.69. The maximum atomic E-state index is 12.4. The molecule has 0 atom stereocenters. The van der Waals surface area contributed by atoms with Gasteiger partial charge in [-0.25, -0.2) is 4.98 Å². The zero-order chi connectivity index (χ0) is 21.0. The lowest BCUT2D eigenvalue weighted by Crippen LogP contribution is -2.16. The second kappa shape index (κ2) is 8.70. The zero-order valence-electron chi connectivity index (χ0n) is 16.1. The van der Waals surface area contributed by atoms with Gasteiger partial charge in [0.05, 0.1) is 13.7 Å². The number of nitrogen functional groups attached to an aromatic ring is 1. The molecule has 0 radical (unpaired) electrons. The Morgan fingerprint density at radius 2 is 1.97 bits per heavy atom. The Labute approximate surface area is 167 Å². The van der Waals surface area contributed by atoms with E-state index in [1.807, 2.05) is 0 Å². The van der Waals surface area contributed by atoms with Crippen molar-refractivity contribution in [2.24, 2.45) is 0 Å². The van der Waals surface area contributed by atoms with Gasteiger partial charge in [-0.15, -0.1) is 0 Å². The molecule has 0 saturated heterocycles. The summed E-state index contributed by atoms with van der Waals surface area (Å²) in [5.41, 5.74) is 10.1. The molecule has 8 heteroatoms. The normalized spacial score (nSPS) is 14.0. The molecule has 1 aromatic heterocycles. The molecule has 0 unspecified atom stereocenters. The lowest BCUT2D eigenvalue weighted by Gasteiger charge is -2.18. The van der Waals surface area contributed by atoms with E-state index in [9.17, 15) is 18.4 Å². The molecule has 0 saturated carbocycles. The van der Waals surface area contributed by atoms with Gasteiger partial charge < -0.3 is 15.2 Å². The van der Waals surface area contributed by atoms with E-state index >= 15 is 0 Å². The standard InChI is InChI=1S/C21H22F3N3O2/c1-28-18-8-7-13(9-14(18)11-29-12-21(22,23)24)19-15-5-3-2-4-6-17(15)27-20(26)16(19)10-25/h7-9H,2-6,11-12H2,1H3,(H2,26,27). The van der Waals surface area contributed by atoms with Crippen LogP contribution in [0.15, 0.2) is 18.2 Å². The molecule has 0 fully saturated rings.